The Kier molecular flexibility index (Phi) is 1.53. The molecule has 0 aromatic carbocycles. The second-order valence-electron chi connectivity index (χ2n) is 1.63. The van der Waals surface area contributed by atoms with E-state index in [-0.39, 0.29) is 6.54 Å². The molecule has 1 aromatic heterocycles. The van der Waals surface area contributed by atoms with E-state index in [1.165, 1.54) is 0 Å². The van der Waals surface area contributed by atoms with Crippen LogP contribution in [0.15, 0.2) is 15.5 Å². The summed E-state index contributed by atoms with van der Waals surface area (Å²) in [4.78, 5) is 21.0. The van der Waals surface area contributed by atoms with Gasteiger partial charge in [-0.2, -0.15) is 5.84 Å². The Morgan fingerprint density at radius 2 is 2.60 bits per heavy atom. The molecule has 54 valence electrons. The van der Waals surface area contributed by atoms with E-state index >= 15 is 0 Å². The van der Waals surface area contributed by atoms with Crippen LogP contribution in [0.2, 0.25) is 0 Å². The molecule has 6 heteroatoms. The average Bonchev–Trinajstić information content (AvgIpc) is 2.13. The fourth-order valence-electron chi connectivity index (χ4n) is 0.556. The summed E-state index contributed by atoms with van der Waals surface area (Å²) in [5.74, 6) is 5.08. The van der Waals surface area contributed by atoms with Crippen LogP contribution in [0.3, 0.4) is 0 Å². The van der Waals surface area contributed by atoms with Crippen LogP contribution in [0.4, 0.5) is 0 Å². The summed E-state index contributed by atoms with van der Waals surface area (Å²) < 4.78 is 5.46. The Balaban J connectivity index is 3.02. The number of aldehydes is 1. The SMILES string of the molecule is Nn1oc(=O)c[n+]1CC=O. The first-order valence-electron chi connectivity index (χ1n) is 2.56. The lowest BCUT2D eigenvalue weighted by Crippen LogP contribution is -2.46. The highest BCUT2D eigenvalue weighted by Crippen LogP contribution is 1.61. The number of carbonyl (C=O) groups excluding carboxylic acids is 1. The van der Waals surface area contributed by atoms with E-state index in [2.05, 4.69) is 4.52 Å². The molecule has 0 spiro atoms. The molecule has 0 unspecified atom stereocenters. The summed E-state index contributed by atoms with van der Waals surface area (Å²) in [6.07, 6.45) is 1.70. The normalized spacial score (nSPS) is 9.60. The number of nitrogen functional groups attached to an aromatic ring is 1. The summed E-state index contributed by atoms with van der Waals surface area (Å²) in [6, 6.07) is 0. The molecule has 0 amide bonds. The molecule has 10 heavy (non-hydrogen) atoms. The van der Waals surface area contributed by atoms with Gasteiger partial charge in [0.15, 0.2) is 12.8 Å². The third kappa shape index (κ3) is 1.04. The zero-order valence-corrected chi connectivity index (χ0v) is 5.06. The van der Waals surface area contributed by atoms with Gasteiger partial charge in [-0.15, -0.1) is 4.68 Å². The van der Waals surface area contributed by atoms with E-state index in [1.807, 2.05) is 0 Å². The van der Waals surface area contributed by atoms with Crippen molar-refractivity contribution >= 4 is 6.29 Å². The molecule has 0 saturated heterocycles. The third-order valence-electron chi connectivity index (χ3n) is 0.953. The highest BCUT2D eigenvalue weighted by Gasteiger charge is 2.05. The van der Waals surface area contributed by atoms with Crippen LogP contribution in [0.5, 0.6) is 0 Å². The molecule has 0 aliphatic heterocycles. The second kappa shape index (κ2) is 2.34. The first-order valence-corrected chi connectivity index (χ1v) is 2.56. The van der Waals surface area contributed by atoms with Gasteiger partial charge in [0.25, 0.3) is 0 Å². The van der Waals surface area contributed by atoms with Crippen LogP contribution >= 0.6 is 0 Å². The highest BCUT2D eigenvalue weighted by molar-refractivity contribution is 5.46. The fraction of sp³-hybridized carbons (Fsp3) is 0.250. The van der Waals surface area contributed by atoms with Crippen molar-refractivity contribution in [2.75, 3.05) is 5.84 Å². The molecule has 0 bridgehead atoms. The Bertz CT molecular complexity index is 286. The minimum atomic E-state index is -0.579. The van der Waals surface area contributed by atoms with Gasteiger partial charge in [0.2, 0.25) is 6.20 Å². The fourth-order valence-corrected chi connectivity index (χ4v) is 0.556. The molecule has 0 radical (unpaired) electrons. The van der Waals surface area contributed by atoms with E-state index < -0.39 is 5.63 Å². The molecule has 2 N–H and O–H groups in total. The van der Waals surface area contributed by atoms with Gasteiger partial charge >= 0.3 is 5.63 Å². The third-order valence-corrected chi connectivity index (χ3v) is 0.953. The maximum atomic E-state index is 10.4. The lowest BCUT2D eigenvalue weighted by Gasteiger charge is -1.85. The molecule has 1 aromatic rings. The Morgan fingerprint density at radius 3 is 3.00 bits per heavy atom. The molecular weight excluding hydrogens is 138 g/mol. The molecule has 0 aliphatic rings. The van der Waals surface area contributed by atoms with E-state index in [0.29, 0.717) is 11.2 Å². The number of aromatic nitrogens is 2. The molecule has 0 saturated carbocycles. The minimum absolute atomic E-state index is 0.0161. The first kappa shape index (κ1) is 6.53. The van der Waals surface area contributed by atoms with Crippen molar-refractivity contribution in [3.63, 3.8) is 0 Å². The van der Waals surface area contributed by atoms with Crippen molar-refractivity contribution in [2.45, 2.75) is 6.54 Å². The van der Waals surface area contributed by atoms with Gasteiger partial charge in [0.1, 0.15) is 4.96 Å². The molecule has 1 rings (SSSR count). The number of nitrogens with two attached hydrogens (primary N) is 1. The summed E-state index contributed by atoms with van der Waals surface area (Å²) >= 11 is 0. The van der Waals surface area contributed by atoms with Crippen molar-refractivity contribution in [2.24, 2.45) is 0 Å². The predicted octanol–water partition coefficient (Wildman–Crippen LogP) is -2.36. The summed E-state index contributed by atoms with van der Waals surface area (Å²) in [7, 11) is 0. The molecule has 6 nitrogen and oxygen atoms in total. The van der Waals surface area contributed by atoms with Crippen molar-refractivity contribution in [3.8, 4) is 0 Å². The maximum Gasteiger partial charge on any atom is 0.404 e. The smallest absolute Gasteiger partial charge is 0.299 e. The number of rotatable bonds is 2. The van der Waals surface area contributed by atoms with Crippen LogP contribution in [0, 0.1) is 0 Å². The number of carbonyl (C=O) groups is 1. The van der Waals surface area contributed by atoms with E-state index in [1.54, 1.807) is 0 Å². The summed E-state index contributed by atoms with van der Waals surface area (Å²) in [6.45, 7) is 0.0161. The van der Waals surface area contributed by atoms with Crippen LogP contribution in [0.25, 0.3) is 0 Å². The van der Waals surface area contributed by atoms with Gasteiger partial charge in [-0.3, -0.25) is 9.32 Å². The van der Waals surface area contributed by atoms with Crippen molar-refractivity contribution < 1.29 is 14.0 Å². The average molecular weight is 144 g/mol. The Morgan fingerprint density at radius 1 is 1.90 bits per heavy atom. The van der Waals surface area contributed by atoms with Crippen LogP contribution in [-0.2, 0) is 11.3 Å². The number of hydrogen-bond acceptors (Lipinski definition) is 4. The second-order valence-corrected chi connectivity index (χ2v) is 1.63. The molecule has 0 aliphatic carbocycles. The Labute approximate surface area is 55.4 Å². The largest absolute Gasteiger partial charge is 0.404 e. The molecule has 1 heterocycles. The van der Waals surface area contributed by atoms with Crippen molar-refractivity contribution in [3.05, 3.63) is 16.6 Å². The van der Waals surface area contributed by atoms with E-state index in [0.717, 1.165) is 10.9 Å². The van der Waals surface area contributed by atoms with E-state index in [9.17, 15) is 9.59 Å². The van der Waals surface area contributed by atoms with Crippen molar-refractivity contribution in [1.29, 1.82) is 0 Å². The molecule has 0 atom stereocenters. The predicted molar refractivity (Wildman–Crippen MR) is 29.4 cm³/mol. The van der Waals surface area contributed by atoms with Gasteiger partial charge < -0.3 is 0 Å². The summed E-state index contributed by atoms with van der Waals surface area (Å²) in [5.41, 5.74) is -0.579. The topological polar surface area (TPSA) is 82.1 Å². The minimum Gasteiger partial charge on any atom is -0.299 e. The van der Waals surface area contributed by atoms with Crippen molar-refractivity contribution in [1.82, 2.24) is 4.96 Å². The maximum absolute atomic E-state index is 10.4. The molecular formula is C4H6N3O3+. The highest BCUT2D eigenvalue weighted by atomic mass is 16.6. The standard InChI is InChI=1S/C4H5N3O3/c5-7-6(1-2-8)3-4(9)10-7/h2-3,5H,1H2/p+1. The van der Waals surface area contributed by atoms with Gasteiger partial charge in [-0.25, -0.2) is 4.79 Å². The Hall–Kier alpha value is -1.59. The van der Waals surface area contributed by atoms with Gasteiger partial charge in [-0.1, -0.05) is 0 Å². The van der Waals surface area contributed by atoms with Gasteiger partial charge in [-0.05, 0) is 0 Å². The number of hydrogen-bond donors (Lipinski definition) is 1. The van der Waals surface area contributed by atoms with Crippen LogP contribution in [-0.4, -0.2) is 11.2 Å². The van der Waals surface area contributed by atoms with Crippen LogP contribution in [0.1, 0.15) is 0 Å². The van der Waals surface area contributed by atoms with Gasteiger partial charge in [0, 0.05) is 0 Å². The van der Waals surface area contributed by atoms with E-state index in [4.69, 9.17) is 5.84 Å². The van der Waals surface area contributed by atoms with Crippen LogP contribution < -0.4 is 16.2 Å². The monoisotopic (exact) mass is 144 g/mol. The lowest BCUT2D eigenvalue weighted by atomic mass is 10.7. The quantitative estimate of drug-likeness (QED) is 0.286. The number of nitrogens with zero attached hydrogens (tertiary/aromatic N) is 2. The zero-order chi connectivity index (χ0) is 7.56. The summed E-state index contributed by atoms with van der Waals surface area (Å²) in [5, 5.41) is 0. The molecule has 0 fully saturated rings. The lowest BCUT2D eigenvalue weighted by molar-refractivity contribution is -0.773. The zero-order valence-electron chi connectivity index (χ0n) is 5.06. The first-order chi connectivity index (χ1) is 4.74. The van der Waals surface area contributed by atoms with Gasteiger partial charge in [0.05, 0.1) is 0 Å².